The second-order valence-corrected chi connectivity index (χ2v) is 4.21. The molecule has 7 heteroatoms. The van der Waals surface area contributed by atoms with Crippen LogP contribution in [0.1, 0.15) is 6.92 Å². The summed E-state index contributed by atoms with van der Waals surface area (Å²) in [6.07, 6.45) is 0. The molecule has 100 valence electrons. The van der Waals surface area contributed by atoms with Crippen LogP contribution in [-0.2, 0) is 0 Å². The van der Waals surface area contributed by atoms with Crippen LogP contribution in [0.2, 0.25) is 5.02 Å². The van der Waals surface area contributed by atoms with Crippen molar-refractivity contribution in [2.45, 2.75) is 6.92 Å². The fraction of sp³-hybridized carbons (Fsp3) is 0.167. The Morgan fingerprint density at radius 3 is 2.74 bits per heavy atom. The minimum absolute atomic E-state index is 0.100. The summed E-state index contributed by atoms with van der Waals surface area (Å²) in [5, 5.41) is 6.26. The molecule has 0 aliphatic carbocycles. The summed E-state index contributed by atoms with van der Waals surface area (Å²) in [7, 11) is 0. The predicted octanol–water partition coefficient (Wildman–Crippen LogP) is 3.03. The first-order valence-electron chi connectivity index (χ1n) is 5.69. The van der Waals surface area contributed by atoms with E-state index < -0.39 is 5.82 Å². The molecule has 2 rings (SSSR count). The molecule has 0 radical (unpaired) electrons. The van der Waals surface area contributed by atoms with Crippen LogP contribution in [0.25, 0.3) is 0 Å². The molecule has 0 unspecified atom stereocenters. The van der Waals surface area contributed by atoms with Crippen LogP contribution in [0.15, 0.2) is 24.3 Å². The molecule has 1 aromatic heterocycles. The van der Waals surface area contributed by atoms with Crippen LogP contribution in [0.5, 0.6) is 0 Å². The van der Waals surface area contributed by atoms with Gasteiger partial charge in [-0.1, -0.05) is 11.6 Å². The normalized spacial score (nSPS) is 10.3. The number of halogens is 2. The largest absolute Gasteiger partial charge is 0.370 e. The first-order chi connectivity index (χ1) is 9.08. The third kappa shape index (κ3) is 3.45. The SMILES string of the molecule is CCNc1cc(Nc2cc(Cl)ccc2F)nc(N)n1. The molecule has 0 aliphatic heterocycles. The number of hydrogen-bond acceptors (Lipinski definition) is 5. The zero-order chi connectivity index (χ0) is 13.8. The lowest BCUT2D eigenvalue weighted by Crippen LogP contribution is -2.06. The van der Waals surface area contributed by atoms with Crippen molar-refractivity contribution in [1.82, 2.24) is 9.97 Å². The molecule has 0 bridgehead atoms. The Morgan fingerprint density at radius 1 is 1.26 bits per heavy atom. The van der Waals surface area contributed by atoms with Gasteiger partial charge in [-0.2, -0.15) is 9.97 Å². The summed E-state index contributed by atoms with van der Waals surface area (Å²) in [5.74, 6) is 0.638. The second-order valence-electron chi connectivity index (χ2n) is 3.78. The van der Waals surface area contributed by atoms with E-state index in [2.05, 4.69) is 20.6 Å². The van der Waals surface area contributed by atoms with Gasteiger partial charge in [0.1, 0.15) is 17.5 Å². The Balaban J connectivity index is 2.29. The first-order valence-corrected chi connectivity index (χ1v) is 6.07. The van der Waals surface area contributed by atoms with Crippen LogP contribution < -0.4 is 16.4 Å². The Labute approximate surface area is 115 Å². The molecule has 0 aliphatic rings. The monoisotopic (exact) mass is 281 g/mol. The third-order valence-corrected chi connectivity index (χ3v) is 2.53. The molecule has 4 N–H and O–H groups in total. The van der Waals surface area contributed by atoms with Gasteiger partial charge in [-0.05, 0) is 25.1 Å². The van der Waals surface area contributed by atoms with Crippen molar-refractivity contribution in [3.8, 4) is 0 Å². The van der Waals surface area contributed by atoms with Crippen molar-refractivity contribution in [1.29, 1.82) is 0 Å². The van der Waals surface area contributed by atoms with Gasteiger partial charge in [0.15, 0.2) is 0 Å². The standard InChI is InChI=1S/C12H13ClFN5/c1-2-16-10-6-11(19-12(15)18-10)17-9-5-7(13)3-4-8(9)14/h3-6H,2H2,1H3,(H4,15,16,17,18,19). The van der Waals surface area contributed by atoms with Crippen LogP contribution in [0, 0.1) is 5.82 Å². The van der Waals surface area contributed by atoms with Crippen LogP contribution in [0.4, 0.5) is 27.7 Å². The molecule has 2 aromatic rings. The summed E-state index contributed by atoms with van der Waals surface area (Å²) in [6, 6.07) is 5.86. The van der Waals surface area contributed by atoms with Crippen LogP contribution in [0.3, 0.4) is 0 Å². The zero-order valence-electron chi connectivity index (χ0n) is 10.2. The number of hydrogen-bond donors (Lipinski definition) is 3. The quantitative estimate of drug-likeness (QED) is 0.803. The smallest absolute Gasteiger partial charge is 0.223 e. The summed E-state index contributed by atoms with van der Waals surface area (Å²) in [5.41, 5.74) is 5.82. The van der Waals surface area contributed by atoms with Gasteiger partial charge in [0.05, 0.1) is 5.69 Å². The van der Waals surface area contributed by atoms with E-state index in [0.29, 0.717) is 23.2 Å². The van der Waals surface area contributed by atoms with E-state index in [9.17, 15) is 4.39 Å². The fourth-order valence-electron chi connectivity index (χ4n) is 1.53. The number of benzene rings is 1. The Morgan fingerprint density at radius 2 is 2.00 bits per heavy atom. The van der Waals surface area contributed by atoms with Crippen molar-refractivity contribution in [2.24, 2.45) is 0 Å². The fourth-order valence-corrected chi connectivity index (χ4v) is 1.70. The number of anilines is 4. The maximum Gasteiger partial charge on any atom is 0.223 e. The number of nitrogens with one attached hydrogen (secondary N) is 2. The molecule has 0 atom stereocenters. The number of aromatic nitrogens is 2. The highest BCUT2D eigenvalue weighted by molar-refractivity contribution is 6.30. The van der Waals surface area contributed by atoms with Gasteiger partial charge in [0, 0.05) is 17.6 Å². The lowest BCUT2D eigenvalue weighted by Gasteiger charge is -2.10. The van der Waals surface area contributed by atoms with E-state index in [4.69, 9.17) is 17.3 Å². The number of nitrogen functional groups attached to an aromatic ring is 1. The topological polar surface area (TPSA) is 75.9 Å². The lowest BCUT2D eigenvalue weighted by atomic mass is 10.3. The zero-order valence-corrected chi connectivity index (χ0v) is 11.0. The van der Waals surface area contributed by atoms with E-state index in [0.717, 1.165) is 0 Å². The Bertz CT molecular complexity index is 590. The maximum absolute atomic E-state index is 13.6. The summed E-state index contributed by atoms with van der Waals surface area (Å²) >= 11 is 5.82. The number of nitrogens with two attached hydrogens (primary N) is 1. The lowest BCUT2D eigenvalue weighted by molar-refractivity contribution is 0.632. The molecule has 0 fully saturated rings. The molecule has 1 aromatic carbocycles. The van der Waals surface area contributed by atoms with Gasteiger partial charge in [0.25, 0.3) is 0 Å². The highest BCUT2D eigenvalue weighted by atomic mass is 35.5. The number of nitrogens with zero attached hydrogens (tertiary/aromatic N) is 2. The minimum atomic E-state index is -0.424. The summed E-state index contributed by atoms with van der Waals surface area (Å²) in [4.78, 5) is 7.99. The highest BCUT2D eigenvalue weighted by Crippen LogP contribution is 2.24. The van der Waals surface area contributed by atoms with Crippen LogP contribution >= 0.6 is 11.6 Å². The van der Waals surface area contributed by atoms with E-state index in [-0.39, 0.29) is 11.6 Å². The van der Waals surface area contributed by atoms with Gasteiger partial charge in [-0.15, -0.1) is 0 Å². The molecular formula is C12H13ClFN5. The first kappa shape index (κ1) is 13.4. The van der Waals surface area contributed by atoms with Crippen molar-refractivity contribution in [2.75, 3.05) is 22.9 Å². The molecule has 5 nitrogen and oxygen atoms in total. The van der Waals surface area contributed by atoms with Crippen molar-refractivity contribution >= 4 is 34.9 Å². The molecule has 0 saturated carbocycles. The molecule has 0 spiro atoms. The van der Waals surface area contributed by atoms with Gasteiger partial charge in [0.2, 0.25) is 5.95 Å². The van der Waals surface area contributed by atoms with E-state index in [1.807, 2.05) is 6.92 Å². The molecule has 0 amide bonds. The highest BCUT2D eigenvalue weighted by Gasteiger charge is 2.06. The molecule has 19 heavy (non-hydrogen) atoms. The van der Waals surface area contributed by atoms with E-state index >= 15 is 0 Å². The molecule has 0 saturated heterocycles. The molecular weight excluding hydrogens is 269 g/mol. The predicted molar refractivity (Wildman–Crippen MR) is 75.3 cm³/mol. The maximum atomic E-state index is 13.6. The van der Waals surface area contributed by atoms with E-state index in [1.165, 1.54) is 18.2 Å². The van der Waals surface area contributed by atoms with Crippen molar-refractivity contribution < 1.29 is 4.39 Å². The van der Waals surface area contributed by atoms with Gasteiger partial charge in [-0.3, -0.25) is 0 Å². The van der Waals surface area contributed by atoms with Crippen molar-refractivity contribution in [3.05, 3.63) is 35.1 Å². The second kappa shape index (κ2) is 5.71. The summed E-state index contributed by atoms with van der Waals surface area (Å²) in [6.45, 7) is 2.63. The van der Waals surface area contributed by atoms with Crippen molar-refractivity contribution in [3.63, 3.8) is 0 Å². The van der Waals surface area contributed by atoms with Crippen LogP contribution in [-0.4, -0.2) is 16.5 Å². The average Bonchev–Trinajstić information content (AvgIpc) is 2.33. The summed E-state index contributed by atoms with van der Waals surface area (Å²) < 4.78 is 13.6. The number of rotatable bonds is 4. The van der Waals surface area contributed by atoms with E-state index in [1.54, 1.807) is 6.07 Å². The van der Waals surface area contributed by atoms with Gasteiger partial charge in [-0.25, -0.2) is 4.39 Å². The Hall–Kier alpha value is -2.08. The van der Waals surface area contributed by atoms with Gasteiger partial charge < -0.3 is 16.4 Å². The minimum Gasteiger partial charge on any atom is -0.370 e. The molecule has 1 heterocycles. The van der Waals surface area contributed by atoms with Gasteiger partial charge >= 0.3 is 0 Å². The third-order valence-electron chi connectivity index (χ3n) is 2.29. The average molecular weight is 282 g/mol. The Kier molecular flexibility index (Phi) is 4.01.